The fourth-order valence-corrected chi connectivity index (χ4v) is 4.12. The van der Waals surface area contributed by atoms with Gasteiger partial charge < -0.3 is 0 Å². The Morgan fingerprint density at radius 2 is 1.64 bits per heavy atom. The zero-order chi connectivity index (χ0) is 24.5. The fourth-order valence-electron chi connectivity index (χ4n) is 2.99. The van der Waals surface area contributed by atoms with Gasteiger partial charge in [-0.1, -0.05) is 17.7 Å². The van der Waals surface area contributed by atoms with E-state index in [2.05, 4.69) is 15.8 Å². The summed E-state index contributed by atoms with van der Waals surface area (Å²) < 4.78 is 28.0. The molecular formula is C20H22N6O6S. The minimum atomic E-state index is -3.90. The smallest absolute Gasteiger partial charge is 0.280 e. The number of carbonyl (C=O) groups is 2. The molecule has 0 aliphatic heterocycles. The van der Waals surface area contributed by atoms with Crippen molar-refractivity contribution in [3.8, 4) is 0 Å². The number of hydrogen-bond acceptors (Lipinski definition) is 7. The highest BCUT2D eigenvalue weighted by Crippen LogP contribution is 2.14. The number of nitrogens with one attached hydrogen (secondary N) is 2. The van der Waals surface area contributed by atoms with Gasteiger partial charge in [-0.05, 0) is 31.2 Å². The molecule has 2 N–H and O–H groups in total. The molecule has 0 radical (unpaired) electrons. The highest BCUT2D eigenvalue weighted by atomic mass is 32.2. The second-order valence-electron chi connectivity index (χ2n) is 7.35. The van der Waals surface area contributed by atoms with Gasteiger partial charge in [-0.15, -0.1) is 0 Å². The van der Waals surface area contributed by atoms with Gasteiger partial charge in [-0.3, -0.25) is 34.4 Å². The average Bonchev–Trinajstić information content (AvgIpc) is 2.79. The summed E-state index contributed by atoms with van der Waals surface area (Å²) in [6.07, 6.45) is 0. The summed E-state index contributed by atoms with van der Waals surface area (Å²) in [5.41, 5.74) is 3.82. The number of benzene rings is 1. The number of likely N-dealkylation sites (N-methyl/N-ethyl adjacent to an activating group) is 1. The van der Waals surface area contributed by atoms with E-state index in [4.69, 9.17) is 0 Å². The van der Waals surface area contributed by atoms with Gasteiger partial charge in [-0.2, -0.15) is 4.31 Å². The van der Waals surface area contributed by atoms with Crippen LogP contribution >= 0.6 is 0 Å². The topological polar surface area (TPSA) is 152 Å². The van der Waals surface area contributed by atoms with Gasteiger partial charge in [0.15, 0.2) is 0 Å². The van der Waals surface area contributed by atoms with E-state index in [-0.39, 0.29) is 21.6 Å². The standard InChI is InChI=1S/C20H22N6O6S/c1-12-5-7-13(8-6-12)33(31,32)24(2)11-16(27)22-23-18(28)15-10-9-14-17(21-15)25(3)20(30)26(4)19(14)29/h5-10H,11H2,1-4H3,(H,22,27)(H,23,28). The molecule has 3 aromatic rings. The summed E-state index contributed by atoms with van der Waals surface area (Å²) in [6, 6.07) is 8.78. The molecule has 2 aromatic heterocycles. The molecule has 0 aliphatic rings. The Balaban J connectivity index is 1.70. The van der Waals surface area contributed by atoms with E-state index in [1.165, 1.54) is 45.4 Å². The lowest BCUT2D eigenvalue weighted by molar-refractivity contribution is -0.121. The SMILES string of the molecule is Cc1ccc(S(=O)(=O)N(C)CC(=O)NNC(=O)c2ccc3c(=O)n(C)c(=O)n(C)c3n2)cc1. The lowest BCUT2D eigenvalue weighted by Crippen LogP contribution is -2.47. The molecule has 3 rings (SSSR count). The van der Waals surface area contributed by atoms with E-state index in [1.54, 1.807) is 12.1 Å². The summed E-state index contributed by atoms with van der Waals surface area (Å²) in [6.45, 7) is 1.27. The van der Waals surface area contributed by atoms with Crippen molar-refractivity contribution in [1.82, 2.24) is 29.3 Å². The van der Waals surface area contributed by atoms with Crippen LogP contribution in [0.25, 0.3) is 11.0 Å². The monoisotopic (exact) mass is 474 g/mol. The first-order valence-electron chi connectivity index (χ1n) is 9.62. The summed E-state index contributed by atoms with van der Waals surface area (Å²) in [4.78, 5) is 52.9. The van der Waals surface area contributed by atoms with Crippen molar-refractivity contribution in [1.29, 1.82) is 0 Å². The van der Waals surface area contributed by atoms with Crippen molar-refractivity contribution in [3.05, 3.63) is 68.5 Å². The number of aromatic nitrogens is 3. The first-order valence-corrected chi connectivity index (χ1v) is 11.1. The zero-order valence-corrected chi connectivity index (χ0v) is 19.1. The Morgan fingerprint density at radius 3 is 2.27 bits per heavy atom. The fraction of sp³-hybridized carbons (Fsp3) is 0.250. The molecule has 12 nitrogen and oxygen atoms in total. The van der Waals surface area contributed by atoms with Crippen LogP contribution in [0.4, 0.5) is 0 Å². The van der Waals surface area contributed by atoms with Crippen LogP contribution in [0.15, 0.2) is 50.9 Å². The third-order valence-corrected chi connectivity index (χ3v) is 6.76. The Morgan fingerprint density at radius 1 is 1.00 bits per heavy atom. The number of pyridine rings is 1. The third kappa shape index (κ3) is 4.68. The molecule has 0 aliphatic carbocycles. The van der Waals surface area contributed by atoms with Gasteiger partial charge >= 0.3 is 5.69 Å². The van der Waals surface area contributed by atoms with Crippen molar-refractivity contribution in [3.63, 3.8) is 0 Å². The number of amides is 2. The van der Waals surface area contributed by atoms with Crippen LogP contribution in [0.2, 0.25) is 0 Å². The molecule has 2 amide bonds. The van der Waals surface area contributed by atoms with Crippen LogP contribution in [0, 0.1) is 6.92 Å². The second kappa shape index (κ2) is 8.96. The highest BCUT2D eigenvalue weighted by Gasteiger charge is 2.23. The lowest BCUT2D eigenvalue weighted by atomic mass is 10.2. The van der Waals surface area contributed by atoms with Crippen LogP contribution in [0.5, 0.6) is 0 Å². The summed E-state index contributed by atoms with van der Waals surface area (Å²) in [5, 5.41) is 0.142. The summed E-state index contributed by atoms with van der Waals surface area (Å²) in [7, 11) is 0.0771. The molecule has 13 heteroatoms. The first-order chi connectivity index (χ1) is 15.4. The van der Waals surface area contributed by atoms with E-state index in [9.17, 15) is 27.6 Å². The Hall–Kier alpha value is -3.84. The molecule has 2 heterocycles. The van der Waals surface area contributed by atoms with Crippen LogP contribution < -0.4 is 22.1 Å². The maximum Gasteiger partial charge on any atom is 0.332 e. The number of fused-ring (bicyclic) bond motifs is 1. The number of nitrogens with zero attached hydrogens (tertiary/aromatic N) is 4. The minimum absolute atomic E-state index is 0.00556. The summed E-state index contributed by atoms with van der Waals surface area (Å²) >= 11 is 0. The maximum atomic E-state index is 12.6. The van der Waals surface area contributed by atoms with Crippen LogP contribution in [-0.2, 0) is 28.9 Å². The number of hydrogen-bond donors (Lipinski definition) is 2. The van der Waals surface area contributed by atoms with Gasteiger partial charge in [0.25, 0.3) is 17.4 Å². The predicted octanol–water partition coefficient (Wildman–Crippen LogP) is -0.978. The van der Waals surface area contributed by atoms with E-state index < -0.39 is 39.6 Å². The molecule has 174 valence electrons. The third-order valence-electron chi connectivity index (χ3n) is 4.95. The van der Waals surface area contributed by atoms with E-state index in [1.807, 2.05) is 6.92 Å². The van der Waals surface area contributed by atoms with E-state index in [0.717, 1.165) is 19.0 Å². The second-order valence-corrected chi connectivity index (χ2v) is 9.39. The molecule has 0 spiro atoms. The predicted molar refractivity (Wildman–Crippen MR) is 119 cm³/mol. The van der Waals surface area contributed by atoms with Crippen molar-refractivity contribution >= 4 is 32.9 Å². The van der Waals surface area contributed by atoms with Crippen molar-refractivity contribution in [2.75, 3.05) is 13.6 Å². The van der Waals surface area contributed by atoms with Gasteiger partial charge in [0.2, 0.25) is 10.0 Å². The molecule has 0 fully saturated rings. The molecule has 33 heavy (non-hydrogen) atoms. The molecular weight excluding hydrogens is 452 g/mol. The van der Waals surface area contributed by atoms with Crippen LogP contribution in [-0.4, -0.2) is 52.2 Å². The Kier molecular flexibility index (Phi) is 6.46. The van der Waals surface area contributed by atoms with Crippen molar-refractivity contribution in [2.45, 2.75) is 11.8 Å². The van der Waals surface area contributed by atoms with Crippen molar-refractivity contribution in [2.24, 2.45) is 14.1 Å². The van der Waals surface area contributed by atoms with E-state index >= 15 is 0 Å². The summed E-state index contributed by atoms with van der Waals surface area (Å²) in [5.74, 6) is -1.61. The minimum Gasteiger partial charge on any atom is -0.280 e. The lowest BCUT2D eigenvalue weighted by Gasteiger charge is -2.17. The first kappa shape index (κ1) is 23.8. The van der Waals surface area contributed by atoms with Crippen LogP contribution in [0.3, 0.4) is 0 Å². The van der Waals surface area contributed by atoms with Gasteiger partial charge in [-0.25, -0.2) is 18.2 Å². The van der Waals surface area contributed by atoms with Crippen molar-refractivity contribution < 1.29 is 18.0 Å². The zero-order valence-electron chi connectivity index (χ0n) is 18.3. The van der Waals surface area contributed by atoms with Gasteiger partial charge in [0.05, 0.1) is 16.8 Å². The molecule has 0 saturated carbocycles. The number of rotatable bonds is 5. The average molecular weight is 474 g/mol. The van der Waals surface area contributed by atoms with Gasteiger partial charge in [0.1, 0.15) is 11.3 Å². The molecule has 0 atom stereocenters. The molecule has 0 unspecified atom stereocenters. The molecule has 0 saturated heterocycles. The number of aryl methyl sites for hydroxylation is 2. The van der Waals surface area contributed by atoms with Gasteiger partial charge in [0, 0.05) is 21.1 Å². The molecule has 1 aromatic carbocycles. The highest BCUT2D eigenvalue weighted by molar-refractivity contribution is 7.89. The van der Waals surface area contributed by atoms with Crippen LogP contribution in [0.1, 0.15) is 16.1 Å². The largest absolute Gasteiger partial charge is 0.332 e. The normalized spacial score (nSPS) is 11.5. The Labute approximate surface area is 188 Å². The molecule has 0 bridgehead atoms. The quantitative estimate of drug-likeness (QED) is 0.451. The maximum absolute atomic E-state index is 12.6. The Bertz CT molecular complexity index is 1470. The number of sulfonamides is 1. The number of carbonyl (C=O) groups excluding carboxylic acids is 2. The van der Waals surface area contributed by atoms with E-state index in [0.29, 0.717) is 0 Å². The number of hydrazine groups is 1.